The van der Waals surface area contributed by atoms with Crippen LogP contribution in [0.5, 0.6) is 11.5 Å². The Hall–Kier alpha value is -3.10. The van der Waals surface area contributed by atoms with Crippen molar-refractivity contribution in [2.24, 2.45) is 0 Å². The molecule has 1 aliphatic carbocycles. The monoisotopic (exact) mass is 468 g/mol. The maximum Gasteiger partial charge on any atom is 0.251 e. The maximum atomic E-state index is 12.7. The number of hydrogen-bond acceptors (Lipinski definition) is 6. The molecule has 2 N–H and O–H groups in total. The molecule has 2 amide bonds. The second-order valence-corrected chi connectivity index (χ2v) is 9.21. The van der Waals surface area contributed by atoms with Gasteiger partial charge in [0, 0.05) is 30.0 Å². The van der Waals surface area contributed by atoms with E-state index in [0.29, 0.717) is 42.9 Å². The van der Waals surface area contributed by atoms with Crippen molar-refractivity contribution in [2.75, 3.05) is 27.4 Å². The van der Waals surface area contributed by atoms with Gasteiger partial charge in [-0.3, -0.25) is 9.59 Å². The molecule has 1 heterocycles. The van der Waals surface area contributed by atoms with E-state index in [0.717, 1.165) is 18.6 Å². The summed E-state index contributed by atoms with van der Waals surface area (Å²) < 4.78 is 22.6. The molecule has 1 spiro atoms. The first-order valence-corrected chi connectivity index (χ1v) is 11.5. The molecule has 2 aromatic rings. The third-order valence-corrected chi connectivity index (χ3v) is 6.51. The van der Waals surface area contributed by atoms with Gasteiger partial charge < -0.3 is 29.6 Å². The topological polar surface area (TPSA) is 95.1 Å². The van der Waals surface area contributed by atoms with E-state index < -0.39 is 11.3 Å². The van der Waals surface area contributed by atoms with Crippen LogP contribution in [-0.4, -0.2) is 56.6 Å². The van der Waals surface area contributed by atoms with E-state index in [-0.39, 0.29) is 17.9 Å². The minimum Gasteiger partial charge on any atom is -0.497 e. The Morgan fingerprint density at radius 3 is 1.76 bits per heavy atom. The number of carbonyl (C=O) groups is 2. The first-order chi connectivity index (χ1) is 16.3. The highest BCUT2D eigenvalue weighted by Crippen LogP contribution is 2.37. The molecule has 34 heavy (non-hydrogen) atoms. The van der Waals surface area contributed by atoms with E-state index in [9.17, 15) is 9.59 Å². The van der Waals surface area contributed by atoms with Gasteiger partial charge in [-0.15, -0.1) is 0 Å². The summed E-state index contributed by atoms with van der Waals surface area (Å²) in [7, 11) is 3.19. The molecule has 182 valence electrons. The van der Waals surface area contributed by atoms with Crippen molar-refractivity contribution in [3.8, 4) is 11.5 Å². The molecule has 2 aromatic carbocycles. The molecule has 1 saturated carbocycles. The predicted molar refractivity (Wildman–Crippen MR) is 126 cm³/mol. The van der Waals surface area contributed by atoms with E-state index in [1.165, 1.54) is 0 Å². The van der Waals surface area contributed by atoms with E-state index in [2.05, 4.69) is 10.6 Å². The fourth-order valence-electron chi connectivity index (χ4n) is 4.33. The Kier molecular flexibility index (Phi) is 7.09. The first kappa shape index (κ1) is 24.0. The third-order valence-electron chi connectivity index (χ3n) is 6.51. The Balaban J connectivity index is 1.25. The molecular weight excluding hydrogens is 436 g/mol. The molecule has 8 nitrogen and oxygen atoms in total. The van der Waals surface area contributed by atoms with Crippen molar-refractivity contribution < 1.29 is 28.5 Å². The van der Waals surface area contributed by atoms with Crippen LogP contribution in [0.2, 0.25) is 0 Å². The highest BCUT2D eigenvalue weighted by atomic mass is 16.7. The summed E-state index contributed by atoms with van der Waals surface area (Å²) in [4.78, 5) is 25.2. The van der Waals surface area contributed by atoms with Gasteiger partial charge in [-0.05, 0) is 68.3 Å². The summed E-state index contributed by atoms with van der Waals surface area (Å²) in [5, 5.41) is 6.14. The Bertz CT molecular complexity index is 987. The van der Waals surface area contributed by atoms with E-state index >= 15 is 0 Å². The average Bonchev–Trinajstić information content (AvgIpc) is 2.87. The molecule has 0 atom stereocenters. The zero-order chi connectivity index (χ0) is 24.2. The number of rotatable bonds is 6. The highest BCUT2D eigenvalue weighted by Gasteiger charge is 2.45. The predicted octanol–water partition coefficient (Wildman–Crippen LogP) is 3.31. The summed E-state index contributed by atoms with van der Waals surface area (Å²) in [5.41, 5.74) is 0.534. The fraction of sp³-hybridized carbons (Fsp3) is 0.462. The lowest BCUT2D eigenvalue weighted by Gasteiger charge is -2.47. The molecule has 2 aliphatic rings. The summed E-state index contributed by atoms with van der Waals surface area (Å²) >= 11 is 0. The highest BCUT2D eigenvalue weighted by molar-refractivity contribution is 5.95. The van der Waals surface area contributed by atoms with Gasteiger partial charge in [-0.2, -0.15) is 0 Å². The quantitative estimate of drug-likeness (QED) is 0.676. The van der Waals surface area contributed by atoms with Crippen molar-refractivity contribution >= 4 is 11.8 Å². The van der Waals surface area contributed by atoms with Gasteiger partial charge in [0.25, 0.3) is 11.8 Å². The van der Waals surface area contributed by atoms with Crippen LogP contribution in [0.1, 0.15) is 53.3 Å². The summed E-state index contributed by atoms with van der Waals surface area (Å²) in [5.74, 6) is 0.479. The van der Waals surface area contributed by atoms with Crippen LogP contribution in [0, 0.1) is 0 Å². The van der Waals surface area contributed by atoms with E-state index in [1.807, 2.05) is 6.92 Å². The molecule has 2 fully saturated rings. The van der Waals surface area contributed by atoms with E-state index in [4.69, 9.17) is 18.9 Å². The van der Waals surface area contributed by atoms with Crippen LogP contribution in [0.15, 0.2) is 48.5 Å². The van der Waals surface area contributed by atoms with Crippen LogP contribution >= 0.6 is 0 Å². The number of carbonyl (C=O) groups excluding carboxylic acids is 2. The summed E-state index contributed by atoms with van der Waals surface area (Å²) in [6.07, 6.45) is 2.89. The van der Waals surface area contributed by atoms with Gasteiger partial charge in [-0.25, -0.2) is 0 Å². The fourth-order valence-corrected chi connectivity index (χ4v) is 4.33. The van der Waals surface area contributed by atoms with Gasteiger partial charge in [0.1, 0.15) is 11.5 Å². The van der Waals surface area contributed by atoms with Crippen molar-refractivity contribution in [3.05, 3.63) is 59.7 Å². The van der Waals surface area contributed by atoms with E-state index in [1.54, 1.807) is 62.8 Å². The van der Waals surface area contributed by atoms with Crippen molar-refractivity contribution in [3.63, 3.8) is 0 Å². The van der Waals surface area contributed by atoms with Crippen LogP contribution in [0.3, 0.4) is 0 Å². The van der Waals surface area contributed by atoms with Gasteiger partial charge in [0.15, 0.2) is 5.79 Å². The van der Waals surface area contributed by atoms with Gasteiger partial charge in [-0.1, -0.05) is 0 Å². The number of benzene rings is 2. The molecule has 1 aliphatic heterocycles. The molecule has 0 bridgehead atoms. The normalized spacial score (nSPS) is 26.5. The lowest BCUT2D eigenvalue weighted by Crippen LogP contribution is -2.61. The molecule has 0 aromatic heterocycles. The molecule has 8 heteroatoms. The van der Waals surface area contributed by atoms with Gasteiger partial charge >= 0.3 is 0 Å². The number of amides is 2. The second kappa shape index (κ2) is 10.0. The molecule has 0 unspecified atom stereocenters. The van der Waals surface area contributed by atoms with Crippen LogP contribution < -0.4 is 20.1 Å². The van der Waals surface area contributed by atoms with Crippen molar-refractivity contribution in [2.45, 2.75) is 50.0 Å². The molecule has 4 rings (SSSR count). The van der Waals surface area contributed by atoms with Gasteiger partial charge in [0.05, 0.1) is 33.0 Å². The molecular formula is C26H32N2O6. The number of nitrogens with one attached hydrogen (secondary N) is 2. The minimum absolute atomic E-state index is 0.0653. The standard InChI is InChI=1S/C26H32N2O6/c1-25(28-24(30)19-6-10-22(32-3)11-7-19)16-33-26(34-17-25)14-12-20(13-15-26)27-23(29)18-4-8-21(31-2)9-5-18/h4-11,20H,12-17H2,1-3H3,(H,27,29)(H,28,30). The minimum atomic E-state index is -0.661. The third kappa shape index (κ3) is 5.51. The SMILES string of the molecule is COc1ccc(C(=O)NC2CCC3(CC2)OCC(C)(NC(=O)c2ccc(OC)cc2)CO3)cc1. The molecule has 1 saturated heterocycles. The number of hydrogen-bond donors (Lipinski definition) is 2. The smallest absolute Gasteiger partial charge is 0.251 e. The summed E-state index contributed by atoms with van der Waals surface area (Å²) in [6.45, 7) is 2.64. The maximum absolute atomic E-state index is 12.7. The van der Waals surface area contributed by atoms with Crippen molar-refractivity contribution in [1.82, 2.24) is 10.6 Å². The second-order valence-electron chi connectivity index (χ2n) is 9.21. The van der Waals surface area contributed by atoms with Crippen LogP contribution in [0.4, 0.5) is 0 Å². The van der Waals surface area contributed by atoms with Gasteiger partial charge in [0.2, 0.25) is 0 Å². The lowest BCUT2D eigenvalue weighted by atomic mass is 9.88. The largest absolute Gasteiger partial charge is 0.497 e. The lowest BCUT2D eigenvalue weighted by molar-refractivity contribution is -0.300. The Morgan fingerprint density at radius 2 is 1.29 bits per heavy atom. The first-order valence-electron chi connectivity index (χ1n) is 11.5. The average molecular weight is 469 g/mol. The number of ether oxygens (including phenoxy) is 4. The van der Waals surface area contributed by atoms with Crippen LogP contribution in [0.25, 0.3) is 0 Å². The molecule has 0 radical (unpaired) electrons. The van der Waals surface area contributed by atoms with Crippen LogP contribution in [-0.2, 0) is 9.47 Å². The number of methoxy groups -OCH3 is 2. The summed E-state index contributed by atoms with van der Waals surface area (Å²) in [6, 6.07) is 14.1. The van der Waals surface area contributed by atoms with Crippen molar-refractivity contribution in [1.29, 1.82) is 0 Å². The zero-order valence-electron chi connectivity index (χ0n) is 19.9. The Labute approximate surface area is 199 Å². The zero-order valence-corrected chi connectivity index (χ0v) is 19.9. The Morgan fingerprint density at radius 1 is 0.824 bits per heavy atom.